The van der Waals surface area contributed by atoms with Gasteiger partial charge < -0.3 is 15.0 Å². The Morgan fingerprint density at radius 1 is 1.17 bits per heavy atom. The first-order chi connectivity index (χ1) is 8.74. The molecule has 0 aromatic rings. The summed E-state index contributed by atoms with van der Waals surface area (Å²) in [4.78, 5) is 25.9. The molecule has 2 rings (SSSR count). The first kappa shape index (κ1) is 13.3. The molecule has 2 aliphatic rings. The van der Waals surface area contributed by atoms with Gasteiger partial charge in [-0.2, -0.15) is 0 Å². The number of rotatable bonds is 2. The topological polar surface area (TPSA) is 58.6 Å². The van der Waals surface area contributed by atoms with E-state index in [1.165, 1.54) is 7.11 Å². The molecule has 0 bridgehead atoms. The summed E-state index contributed by atoms with van der Waals surface area (Å²) in [6.07, 6.45) is 5.78. The predicted octanol–water partition coefficient (Wildman–Crippen LogP) is 0.683. The minimum absolute atomic E-state index is 0.0739. The van der Waals surface area contributed by atoms with E-state index in [1.807, 2.05) is 0 Å². The zero-order valence-electron chi connectivity index (χ0n) is 11.0. The Balaban J connectivity index is 2.03. The van der Waals surface area contributed by atoms with Crippen LogP contribution in [-0.4, -0.2) is 49.1 Å². The molecule has 2 unspecified atom stereocenters. The van der Waals surface area contributed by atoms with Crippen LogP contribution in [0.3, 0.4) is 0 Å². The lowest BCUT2D eigenvalue weighted by Crippen LogP contribution is -2.55. The van der Waals surface area contributed by atoms with Crippen LogP contribution in [0.2, 0.25) is 0 Å². The van der Waals surface area contributed by atoms with Gasteiger partial charge in [-0.15, -0.1) is 0 Å². The molecule has 2 heterocycles. The lowest BCUT2D eigenvalue weighted by atomic mass is 9.98. The van der Waals surface area contributed by atoms with Crippen LogP contribution < -0.4 is 5.32 Å². The van der Waals surface area contributed by atoms with E-state index in [9.17, 15) is 9.59 Å². The number of esters is 1. The molecule has 0 aliphatic carbocycles. The summed E-state index contributed by atoms with van der Waals surface area (Å²) >= 11 is 0. The molecule has 0 spiro atoms. The van der Waals surface area contributed by atoms with Crippen molar-refractivity contribution in [3.05, 3.63) is 0 Å². The second-order valence-corrected chi connectivity index (χ2v) is 5.07. The number of hydrogen-bond acceptors (Lipinski definition) is 4. The minimum atomic E-state index is -0.375. The number of methoxy groups -OCH3 is 1. The molecule has 0 saturated carbocycles. The van der Waals surface area contributed by atoms with Crippen molar-refractivity contribution in [3.8, 4) is 0 Å². The maximum Gasteiger partial charge on any atom is 0.328 e. The fourth-order valence-corrected chi connectivity index (χ4v) is 2.84. The third-order valence-corrected chi connectivity index (χ3v) is 3.87. The molecular weight excluding hydrogens is 232 g/mol. The van der Waals surface area contributed by atoms with Crippen LogP contribution in [0, 0.1) is 0 Å². The molecule has 0 aromatic carbocycles. The van der Waals surface area contributed by atoms with Crippen molar-refractivity contribution in [3.63, 3.8) is 0 Å². The fraction of sp³-hybridized carbons (Fsp3) is 0.846. The summed E-state index contributed by atoms with van der Waals surface area (Å²) in [6.45, 7) is 1.57. The van der Waals surface area contributed by atoms with E-state index in [4.69, 9.17) is 4.74 Å². The van der Waals surface area contributed by atoms with E-state index in [0.717, 1.165) is 45.1 Å². The van der Waals surface area contributed by atoms with Crippen LogP contribution in [0.5, 0.6) is 0 Å². The van der Waals surface area contributed by atoms with Crippen molar-refractivity contribution in [2.75, 3.05) is 20.2 Å². The first-order valence-corrected chi connectivity index (χ1v) is 6.85. The smallest absolute Gasteiger partial charge is 0.328 e. The molecule has 18 heavy (non-hydrogen) atoms. The number of carbonyl (C=O) groups excluding carboxylic acids is 2. The highest BCUT2D eigenvalue weighted by Crippen LogP contribution is 2.21. The van der Waals surface area contributed by atoms with E-state index in [0.29, 0.717) is 6.54 Å². The third kappa shape index (κ3) is 2.83. The lowest BCUT2D eigenvalue weighted by molar-refractivity contribution is -0.155. The zero-order chi connectivity index (χ0) is 13.0. The van der Waals surface area contributed by atoms with Gasteiger partial charge in [-0.1, -0.05) is 6.42 Å². The summed E-state index contributed by atoms with van der Waals surface area (Å²) in [6, 6.07) is -0.482. The van der Waals surface area contributed by atoms with Gasteiger partial charge in [-0.05, 0) is 38.6 Å². The van der Waals surface area contributed by atoms with Crippen molar-refractivity contribution in [2.24, 2.45) is 0 Å². The molecule has 2 saturated heterocycles. The molecule has 1 amide bonds. The fourth-order valence-electron chi connectivity index (χ4n) is 2.84. The molecule has 2 atom stereocenters. The Bertz CT molecular complexity index is 313. The van der Waals surface area contributed by atoms with Gasteiger partial charge in [0.05, 0.1) is 13.2 Å². The van der Waals surface area contributed by atoms with Crippen LogP contribution in [0.1, 0.15) is 38.5 Å². The standard InChI is InChI=1S/C13H22N2O3/c1-18-13(17)11-7-3-5-9-15(11)12(16)10-6-2-4-8-14-10/h10-11,14H,2-9H2,1H3. The summed E-state index contributed by atoms with van der Waals surface area (Å²) in [5.74, 6) is -0.205. The maximum absolute atomic E-state index is 12.4. The molecule has 0 aromatic heterocycles. The molecule has 102 valence electrons. The molecule has 1 N–H and O–H groups in total. The van der Waals surface area contributed by atoms with Gasteiger partial charge in [0.2, 0.25) is 5.91 Å². The number of likely N-dealkylation sites (tertiary alicyclic amines) is 1. The molecule has 5 nitrogen and oxygen atoms in total. The van der Waals surface area contributed by atoms with Crippen LogP contribution in [0.4, 0.5) is 0 Å². The normalized spacial score (nSPS) is 28.8. The molecule has 2 fully saturated rings. The van der Waals surface area contributed by atoms with Crippen molar-refractivity contribution in [1.29, 1.82) is 0 Å². The van der Waals surface area contributed by atoms with Crippen molar-refractivity contribution in [2.45, 2.75) is 50.6 Å². The molecule has 0 radical (unpaired) electrons. The van der Waals surface area contributed by atoms with Gasteiger partial charge in [0, 0.05) is 6.54 Å². The second-order valence-electron chi connectivity index (χ2n) is 5.07. The highest BCUT2D eigenvalue weighted by molar-refractivity contribution is 5.87. The van der Waals surface area contributed by atoms with E-state index >= 15 is 0 Å². The van der Waals surface area contributed by atoms with E-state index in [2.05, 4.69) is 5.32 Å². The van der Waals surface area contributed by atoms with Gasteiger partial charge in [-0.3, -0.25) is 4.79 Å². The lowest BCUT2D eigenvalue weighted by Gasteiger charge is -2.37. The number of nitrogens with zero attached hydrogens (tertiary/aromatic N) is 1. The number of amides is 1. The summed E-state index contributed by atoms with van der Waals surface area (Å²) in [5.41, 5.74) is 0. The average molecular weight is 254 g/mol. The first-order valence-electron chi connectivity index (χ1n) is 6.85. The molecule has 2 aliphatic heterocycles. The largest absolute Gasteiger partial charge is 0.467 e. The number of ether oxygens (including phenoxy) is 1. The van der Waals surface area contributed by atoms with E-state index in [1.54, 1.807) is 4.90 Å². The second kappa shape index (κ2) is 6.18. The van der Waals surface area contributed by atoms with Crippen molar-refractivity contribution < 1.29 is 14.3 Å². The summed E-state index contributed by atoms with van der Waals surface area (Å²) < 4.78 is 4.80. The Morgan fingerprint density at radius 2 is 1.94 bits per heavy atom. The van der Waals surface area contributed by atoms with Gasteiger partial charge in [0.15, 0.2) is 0 Å². The molecular formula is C13H22N2O3. The van der Waals surface area contributed by atoms with Crippen LogP contribution in [0.25, 0.3) is 0 Å². The quantitative estimate of drug-likeness (QED) is 0.736. The SMILES string of the molecule is COC(=O)C1CCCCN1C(=O)C1CCCCN1. The Kier molecular flexibility index (Phi) is 4.58. The van der Waals surface area contributed by atoms with Gasteiger partial charge >= 0.3 is 5.97 Å². The van der Waals surface area contributed by atoms with Gasteiger partial charge in [0.1, 0.15) is 6.04 Å². The summed E-state index contributed by atoms with van der Waals surface area (Å²) in [7, 11) is 1.39. The average Bonchev–Trinajstić information content (AvgIpc) is 2.46. The van der Waals surface area contributed by atoms with Crippen LogP contribution in [0.15, 0.2) is 0 Å². The molecule has 5 heteroatoms. The summed E-state index contributed by atoms with van der Waals surface area (Å²) in [5, 5.41) is 3.25. The third-order valence-electron chi connectivity index (χ3n) is 3.87. The van der Waals surface area contributed by atoms with Crippen LogP contribution >= 0.6 is 0 Å². The number of nitrogens with one attached hydrogen (secondary N) is 1. The van der Waals surface area contributed by atoms with Crippen molar-refractivity contribution >= 4 is 11.9 Å². The van der Waals surface area contributed by atoms with Gasteiger partial charge in [-0.25, -0.2) is 4.79 Å². The Labute approximate surface area is 108 Å². The predicted molar refractivity (Wildman–Crippen MR) is 67.0 cm³/mol. The highest BCUT2D eigenvalue weighted by atomic mass is 16.5. The van der Waals surface area contributed by atoms with E-state index < -0.39 is 0 Å². The highest BCUT2D eigenvalue weighted by Gasteiger charge is 2.36. The number of piperidine rings is 2. The monoisotopic (exact) mass is 254 g/mol. The Hall–Kier alpha value is -1.10. The maximum atomic E-state index is 12.4. The minimum Gasteiger partial charge on any atom is -0.467 e. The van der Waals surface area contributed by atoms with Gasteiger partial charge in [0.25, 0.3) is 0 Å². The Morgan fingerprint density at radius 3 is 2.61 bits per heavy atom. The van der Waals surface area contributed by atoms with E-state index in [-0.39, 0.29) is 24.0 Å². The number of hydrogen-bond donors (Lipinski definition) is 1. The van der Waals surface area contributed by atoms with Crippen molar-refractivity contribution in [1.82, 2.24) is 10.2 Å². The van der Waals surface area contributed by atoms with Crippen LogP contribution in [-0.2, 0) is 14.3 Å². The zero-order valence-corrected chi connectivity index (χ0v) is 11.0. The number of carbonyl (C=O) groups is 2.